The Morgan fingerprint density at radius 3 is 2.29 bits per heavy atom. The van der Waals surface area contributed by atoms with E-state index in [0.717, 1.165) is 13.0 Å². The second-order valence-corrected chi connectivity index (χ2v) is 3.81. The first kappa shape index (κ1) is 13.8. The lowest BCUT2D eigenvalue weighted by Crippen LogP contribution is -2.46. The van der Waals surface area contributed by atoms with Crippen LogP contribution in [0.5, 0.6) is 0 Å². The molecule has 2 atom stereocenters. The fraction of sp³-hybridized carbons (Fsp3) is 1.00. The Morgan fingerprint density at radius 1 is 1.29 bits per heavy atom. The quantitative estimate of drug-likeness (QED) is 0.688. The summed E-state index contributed by atoms with van der Waals surface area (Å²) in [6.07, 6.45) is -1.18. The molecule has 0 aliphatic heterocycles. The molecule has 0 amide bonds. The molecule has 0 heterocycles. The number of hydrogen-bond donors (Lipinski definition) is 1. The van der Waals surface area contributed by atoms with Crippen LogP contribution in [0, 0.1) is 0 Å². The summed E-state index contributed by atoms with van der Waals surface area (Å²) in [5, 5.41) is 3.30. The van der Waals surface area contributed by atoms with Gasteiger partial charge in [0.05, 0.1) is 6.54 Å². The number of hydrogen-bond acceptors (Lipinski definition) is 2. The van der Waals surface area contributed by atoms with Crippen molar-refractivity contribution in [1.82, 2.24) is 10.2 Å². The molecule has 0 saturated carbocycles. The largest absolute Gasteiger partial charge is 0.313 e. The van der Waals surface area contributed by atoms with Gasteiger partial charge in [0.15, 0.2) is 0 Å². The van der Waals surface area contributed by atoms with Crippen LogP contribution < -0.4 is 5.32 Å². The predicted molar refractivity (Wildman–Crippen MR) is 55.9 cm³/mol. The molecule has 0 bridgehead atoms. The van der Waals surface area contributed by atoms with Crippen molar-refractivity contribution in [2.75, 3.05) is 20.1 Å². The van der Waals surface area contributed by atoms with Crippen LogP contribution in [0.15, 0.2) is 0 Å². The molecule has 0 spiro atoms. The van der Waals surface area contributed by atoms with Gasteiger partial charge in [0, 0.05) is 12.1 Å². The second kappa shape index (κ2) is 7.12. The molecule has 0 rings (SSSR count). The van der Waals surface area contributed by atoms with Crippen LogP contribution in [-0.2, 0) is 0 Å². The minimum atomic E-state index is -2.25. The number of nitrogens with one attached hydrogen (secondary N) is 1. The van der Waals surface area contributed by atoms with Crippen molar-refractivity contribution in [1.29, 1.82) is 0 Å². The van der Waals surface area contributed by atoms with E-state index in [1.54, 1.807) is 11.9 Å². The van der Waals surface area contributed by atoms with E-state index in [1.165, 1.54) is 0 Å². The van der Waals surface area contributed by atoms with Crippen LogP contribution in [0.2, 0.25) is 0 Å². The van der Waals surface area contributed by atoms with Gasteiger partial charge in [-0.25, -0.2) is 8.78 Å². The summed E-state index contributed by atoms with van der Waals surface area (Å²) >= 11 is 0. The Balaban J connectivity index is 3.84. The van der Waals surface area contributed by atoms with Gasteiger partial charge in [0.25, 0.3) is 6.43 Å². The van der Waals surface area contributed by atoms with Crippen molar-refractivity contribution in [3.63, 3.8) is 0 Å². The molecule has 0 aliphatic carbocycles. The molecule has 14 heavy (non-hydrogen) atoms. The number of nitrogens with zero attached hydrogens (tertiary/aromatic N) is 1. The lowest BCUT2D eigenvalue weighted by Gasteiger charge is -2.30. The zero-order chi connectivity index (χ0) is 11.1. The maximum absolute atomic E-state index is 12.1. The lowest BCUT2D eigenvalue weighted by atomic mass is 10.1. The maximum atomic E-state index is 12.1. The van der Waals surface area contributed by atoms with Crippen molar-refractivity contribution in [2.24, 2.45) is 0 Å². The normalized spacial score (nSPS) is 16.3. The lowest BCUT2D eigenvalue weighted by molar-refractivity contribution is 0.0766. The summed E-state index contributed by atoms with van der Waals surface area (Å²) in [7, 11) is 1.74. The fourth-order valence-corrected chi connectivity index (χ4v) is 1.31. The van der Waals surface area contributed by atoms with Gasteiger partial charge < -0.3 is 5.32 Å². The molecule has 0 saturated heterocycles. The standard InChI is InChI=1S/C10H22F2N2/c1-5-6-13-8(2)9(3)14(4)7-10(11)12/h8-10,13H,5-7H2,1-4H3. The highest BCUT2D eigenvalue weighted by atomic mass is 19.3. The second-order valence-electron chi connectivity index (χ2n) is 3.81. The monoisotopic (exact) mass is 208 g/mol. The van der Waals surface area contributed by atoms with Gasteiger partial charge in [-0.15, -0.1) is 0 Å². The van der Waals surface area contributed by atoms with Gasteiger partial charge in [0.2, 0.25) is 0 Å². The van der Waals surface area contributed by atoms with Crippen molar-refractivity contribution in [2.45, 2.75) is 45.7 Å². The average Bonchev–Trinajstić information content (AvgIpc) is 2.11. The van der Waals surface area contributed by atoms with E-state index in [0.29, 0.717) is 0 Å². The maximum Gasteiger partial charge on any atom is 0.251 e. The van der Waals surface area contributed by atoms with Crippen LogP contribution in [0.3, 0.4) is 0 Å². The van der Waals surface area contributed by atoms with E-state index in [-0.39, 0.29) is 18.6 Å². The SMILES string of the molecule is CCCNC(C)C(C)N(C)CC(F)F. The highest BCUT2D eigenvalue weighted by Gasteiger charge is 2.18. The predicted octanol–water partition coefficient (Wildman–Crippen LogP) is 1.96. The van der Waals surface area contributed by atoms with Gasteiger partial charge in [-0.3, -0.25) is 4.90 Å². The fourth-order valence-electron chi connectivity index (χ4n) is 1.31. The Kier molecular flexibility index (Phi) is 7.01. The van der Waals surface area contributed by atoms with Crippen LogP contribution >= 0.6 is 0 Å². The van der Waals surface area contributed by atoms with E-state index in [1.807, 2.05) is 13.8 Å². The van der Waals surface area contributed by atoms with Gasteiger partial charge in [0.1, 0.15) is 0 Å². The summed E-state index contributed by atoms with van der Waals surface area (Å²) < 4.78 is 24.2. The van der Waals surface area contributed by atoms with Crippen LogP contribution in [0.4, 0.5) is 8.78 Å². The van der Waals surface area contributed by atoms with Crippen molar-refractivity contribution >= 4 is 0 Å². The van der Waals surface area contributed by atoms with Gasteiger partial charge in [-0.1, -0.05) is 6.92 Å². The molecule has 2 nitrogen and oxygen atoms in total. The average molecular weight is 208 g/mol. The molecule has 1 N–H and O–H groups in total. The Labute approximate surface area is 85.7 Å². The first-order valence-electron chi connectivity index (χ1n) is 5.20. The third kappa shape index (κ3) is 5.50. The molecule has 0 fully saturated rings. The summed E-state index contributed by atoms with van der Waals surface area (Å²) in [4.78, 5) is 1.69. The van der Waals surface area contributed by atoms with Gasteiger partial charge in [-0.05, 0) is 33.9 Å². The molecule has 4 heteroatoms. The van der Waals surface area contributed by atoms with Crippen molar-refractivity contribution in [3.8, 4) is 0 Å². The highest BCUT2D eigenvalue weighted by Crippen LogP contribution is 2.05. The molecule has 2 unspecified atom stereocenters. The van der Waals surface area contributed by atoms with Crippen molar-refractivity contribution in [3.05, 3.63) is 0 Å². The first-order chi connectivity index (χ1) is 6.49. The summed E-state index contributed by atoms with van der Waals surface area (Å²) in [5.74, 6) is 0. The Morgan fingerprint density at radius 2 is 1.86 bits per heavy atom. The smallest absolute Gasteiger partial charge is 0.251 e. The van der Waals surface area contributed by atoms with E-state index in [4.69, 9.17) is 0 Å². The number of likely N-dealkylation sites (N-methyl/N-ethyl adjacent to an activating group) is 1. The van der Waals surface area contributed by atoms with E-state index < -0.39 is 6.43 Å². The summed E-state index contributed by atoms with van der Waals surface area (Å²) in [6.45, 7) is 6.87. The molecule has 0 aromatic carbocycles. The van der Waals surface area contributed by atoms with Crippen LogP contribution in [0.25, 0.3) is 0 Å². The molecule has 0 radical (unpaired) electrons. The third-order valence-corrected chi connectivity index (χ3v) is 2.56. The van der Waals surface area contributed by atoms with Gasteiger partial charge in [-0.2, -0.15) is 0 Å². The Bertz CT molecular complexity index is 142. The molecular formula is C10H22F2N2. The number of rotatable bonds is 7. The summed E-state index contributed by atoms with van der Waals surface area (Å²) in [5.41, 5.74) is 0. The highest BCUT2D eigenvalue weighted by molar-refractivity contribution is 4.75. The minimum Gasteiger partial charge on any atom is -0.313 e. The Hall–Kier alpha value is -0.220. The van der Waals surface area contributed by atoms with E-state index in [9.17, 15) is 8.78 Å². The minimum absolute atomic E-state index is 0.135. The molecule has 0 aromatic heterocycles. The number of alkyl halides is 2. The van der Waals surface area contributed by atoms with E-state index >= 15 is 0 Å². The summed E-state index contributed by atoms with van der Waals surface area (Å²) in [6, 6.07) is 0.384. The number of halogens is 2. The van der Waals surface area contributed by atoms with Gasteiger partial charge >= 0.3 is 0 Å². The van der Waals surface area contributed by atoms with Crippen LogP contribution in [-0.4, -0.2) is 43.5 Å². The molecule has 0 aliphatic rings. The van der Waals surface area contributed by atoms with E-state index in [2.05, 4.69) is 12.2 Å². The zero-order valence-corrected chi connectivity index (χ0v) is 9.56. The molecule has 0 aromatic rings. The topological polar surface area (TPSA) is 15.3 Å². The molecule has 86 valence electrons. The van der Waals surface area contributed by atoms with Crippen molar-refractivity contribution < 1.29 is 8.78 Å². The molecular weight excluding hydrogens is 186 g/mol. The zero-order valence-electron chi connectivity index (χ0n) is 9.56. The van der Waals surface area contributed by atoms with Crippen LogP contribution in [0.1, 0.15) is 27.2 Å². The third-order valence-electron chi connectivity index (χ3n) is 2.56. The first-order valence-corrected chi connectivity index (χ1v) is 5.20.